The van der Waals surface area contributed by atoms with Gasteiger partial charge in [-0.2, -0.15) is 0 Å². The molecule has 1 saturated heterocycles. The maximum atomic E-state index is 9.19. The van der Waals surface area contributed by atoms with Crippen LogP contribution in [0.4, 0.5) is 0 Å². The highest BCUT2D eigenvalue weighted by molar-refractivity contribution is 4.80. The molecule has 1 rings (SSSR count). The normalized spacial score (nSPS) is 49.2. The van der Waals surface area contributed by atoms with E-state index in [1.54, 1.807) is 6.92 Å². The van der Waals surface area contributed by atoms with E-state index >= 15 is 0 Å². The lowest BCUT2D eigenvalue weighted by Gasteiger charge is -2.33. The second-order valence-corrected chi connectivity index (χ2v) is 2.95. The second-order valence-electron chi connectivity index (χ2n) is 2.95. The van der Waals surface area contributed by atoms with E-state index in [1.807, 2.05) is 6.92 Å². The topological polar surface area (TPSA) is 49.7 Å². The zero-order valence-corrected chi connectivity index (χ0v) is 6.32. The molecule has 1 fully saturated rings. The fraction of sp³-hybridized carbons (Fsp3) is 1.00. The van der Waals surface area contributed by atoms with Crippen LogP contribution in [0, 0.1) is 0 Å². The average molecular weight is 146 g/mol. The van der Waals surface area contributed by atoms with Gasteiger partial charge in [-0.05, 0) is 13.8 Å². The lowest BCUT2D eigenvalue weighted by Crippen LogP contribution is -2.45. The van der Waals surface area contributed by atoms with Gasteiger partial charge < -0.3 is 14.9 Å². The van der Waals surface area contributed by atoms with E-state index in [2.05, 4.69) is 0 Å². The van der Waals surface area contributed by atoms with Gasteiger partial charge in [0.2, 0.25) is 0 Å². The number of rotatable bonds is 0. The van der Waals surface area contributed by atoms with Gasteiger partial charge in [0.15, 0.2) is 0 Å². The van der Waals surface area contributed by atoms with Crippen LogP contribution < -0.4 is 0 Å². The third kappa shape index (κ3) is 1.48. The van der Waals surface area contributed by atoms with Crippen molar-refractivity contribution in [2.75, 3.05) is 0 Å². The number of hydrogen-bond donors (Lipinski definition) is 2. The minimum atomic E-state index is -0.712. The third-order valence-corrected chi connectivity index (χ3v) is 1.90. The molecule has 3 nitrogen and oxygen atoms in total. The Morgan fingerprint density at radius 1 is 1.30 bits per heavy atom. The highest BCUT2D eigenvalue weighted by Gasteiger charge is 2.31. The lowest BCUT2D eigenvalue weighted by molar-refractivity contribution is -0.156. The largest absolute Gasteiger partial charge is 0.390 e. The van der Waals surface area contributed by atoms with Crippen LogP contribution in [0.1, 0.15) is 20.3 Å². The first-order valence-electron chi connectivity index (χ1n) is 3.63. The van der Waals surface area contributed by atoms with Gasteiger partial charge in [0, 0.05) is 6.42 Å². The summed E-state index contributed by atoms with van der Waals surface area (Å²) in [5, 5.41) is 18.4. The van der Waals surface area contributed by atoms with Crippen LogP contribution in [-0.2, 0) is 4.74 Å². The summed E-state index contributed by atoms with van der Waals surface area (Å²) >= 11 is 0. The molecule has 60 valence electrons. The van der Waals surface area contributed by atoms with Crippen molar-refractivity contribution in [3.63, 3.8) is 0 Å². The molecule has 0 amide bonds. The highest BCUT2D eigenvalue weighted by atomic mass is 16.5. The van der Waals surface area contributed by atoms with Crippen molar-refractivity contribution in [1.82, 2.24) is 0 Å². The van der Waals surface area contributed by atoms with Gasteiger partial charge >= 0.3 is 0 Å². The summed E-state index contributed by atoms with van der Waals surface area (Å²) in [6, 6.07) is 0. The van der Waals surface area contributed by atoms with Gasteiger partial charge in [-0.3, -0.25) is 0 Å². The summed E-state index contributed by atoms with van der Waals surface area (Å²) in [6.07, 6.45) is -0.965. The van der Waals surface area contributed by atoms with Gasteiger partial charge in [-0.1, -0.05) is 0 Å². The lowest BCUT2D eigenvalue weighted by atomic mass is 10.00. The van der Waals surface area contributed by atoms with Crippen molar-refractivity contribution in [2.45, 2.75) is 44.7 Å². The smallest absolute Gasteiger partial charge is 0.106 e. The molecule has 0 unspecified atom stereocenters. The zero-order chi connectivity index (χ0) is 7.72. The predicted molar refractivity (Wildman–Crippen MR) is 36.6 cm³/mol. The molecular formula is C7H14O3. The van der Waals surface area contributed by atoms with Crippen LogP contribution >= 0.6 is 0 Å². The SMILES string of the molecule is C[C@@H]1C[C@@H](O)[C@H](O)[C@@H](C)O1. The summed E-state index contributed by atoms with van der Waals surface area (Å²) in [4.78, 5) is 0. The van der Waals surface area contributed by atoms with E-state index in [1.165, 1.54) is 0 Å². The summed E-state index contributed by atoms with van der Waals surface area (Å²) in [7, 11) is 0. The Kier molecular flexibility index (Phi) is 2.28. The third-order valence-electron chi connectivity index (χ3n) is 1.90. The van der Waals surface area contributed by atoms with Crippen molar-refractivity contribution < 1.29 is 14.9 Å². The number of ether oxygens (including phenoxy) is 1. The van der Waals surface area contributed by atoms with E-state index in [0.29, 0.717) is 6.42 Å². The molecule has 0 aliphatic carbocycles. The predicted octanol–water partition coefficient (Wildman–Crippen LogP) is -0.0945. The van der Waals surface area contributed by atoms with Crippen LogP contribution in [0.15, 0.2) is 0 Å². The molecule has 4 atom stereocenters. The Bertz CT molecular complexity index is 103. The molecule has 1 heterocycles. The van der Waals surface area contributed by atoms with Crippen molar-refractivity contribution >= 4 is 0 Å². The molecule has 0 aromatic heterocycles. The first-order chi connectivity index (χ1) is 4.61. The Hall–Kier alpha value is -0.120. The van der Waals surface area contributed by atoms with Gasteiger partial charge in [-0.15, -0.1) is 0 Å². The molecule has 1 aliphatic rings. The molecule has 0 aromatic carbocycles. The summed E-state index contributed by atoms with van der Waals surface area (Å²) in [6.45, 7) is 3.66. The summed E-state index contributed by atoms with van der Waals surface area (Å²) < 4.78 is 5.26. The van der Waals surface area contributed by atoms with Crippen LogP contribution in [-0.4, -0.2) is 34.6 Å². The molecule has 1 aliphatic heterocycles. The van der Waals surface area contributed by atoms with Crippen molar-refractivity contribution in [3.05, 3.63) is 0 Å². The van der Waals surface area contributed by atoms with Crippen molar-refractivity contribution in [1.29, 1.82) is 0 Å². The van der Waals surface area contributed by atoms with Crippen LogP contribution in [0.25, 0.3) is 0 Å². The minimum Gasteiger partial charge on any atom is -0.390 e. The molecule has 0 aromatic rings. The summed E-state index contributed by atoms with van der Waals surface area (Å²) in [5.41, 5.74) is 0. The Balaban J connectivity index is 2.49. The van der Waals surface area contributed by atoms with E-state index in [-0.39, 0.29) is 12.2 Å². The first kappa shape index (κ1) is 7.98. The number of aliphatic hydroxyl groups is 2. The fourth-order valence-electron chi connectivity index (χ4n) is 1.29. The van der Waals surface area contributed by atoms with Gasteiger partial charge in [0.1, 0.15) is 6.10 Å². The number of hydrogen-bond acceptors (Lipinski definition) is 3. The van der Waals surface area contributed by atoms with Gasteiger partial charge in [0.25, 0.3) is 0 Å². The Morgan fingerprint density at radius 2 is 1.90 bits per heavy atom. The minimum absolute atomic E-state index is 0.0633. The Labute approximate surface area is 60.6 Å². The van der Waals surface area contributed by atoms with Crippen molar-refractivity contribution in [3.8, 4) is 0 Å². The van der Waals surface area contributed by atoms with E-state index in [4.69, 9.17) is 4.74 Å². The highest BCUT2D eigenvalue weighted by Crippen LogP contribution is 2.19. The van der Waals surface area contributed by atoms with Crippen LogP contribution in [0.5, 0.6) is 0 Å². The van der Waals surface area contributed by atoms with Gasteiger partial charge in [-0.25, -0.2) is 0 Å². The zero-order valence-electron chi connectivity index (χ0n) is 6.32. The van der Waals surface area contributed by atoms with E-state index < -0.39 is 12.2 Å². The molecule has 0 bridgehead atoms. The standard InChI is InChI=1S/C7H14O3/c1-4-3-6(8)7(9)5(2)10-4/h4-9H,3H2,1-2H3/t4-,5-,6-,7-/m1/s1. The van der Waals surface area contributed by atoms with Crippen molar-refractivity contribution in [2.24, 2.45) is 0 Å². The molecule has 3 heteroatoms. The molecule has 0 saturated carbocycles. The summed E-state index contributed by atoms with van der Waals surface area (Å²) in [5.74, 6) is 0. The van der Waals surface area contributed by atoms with Gasteiger partial charge in [0.05, 0.1) is 18.3 Å². The second kappa shape index (κ2) is 2.86. The average Bonchev–Trinajstić information content (AvgIpc) is 1.82. The quantitative estimate of drug-likeness (QED) is 0.502. The molecule has 0 radical (unpaired) electrons. The monoisotopic (exact) mass is 146 g/mol. The number of aliphatic hydroxyl groups excluding tert-OH is 2. The maximum Gasteiger partial charge on any atom is 0.106 e. The molecule has 10 heavy (non-hydrogen) atoms. The Morgan fingerprint density at radius 3 is 2.40 bits per heavy atom. The van der Waals surface area contributed by atoms with Crippen LogP contribution in [0.2, 0.25) is 0 Å². The van der Waals surface area contributed by atoms with Crippen LogP contribution in [0.3, 0.4) is 0 Å². The maximum absolute atomic E-state index is 9.19. The molecular weight excluding hydrogens is 132 g/mol. The van der Waals surface area contributed by atoms with E-state index in [0.717, 1.165) is 0 Å². The van der Waals surface area contributed by atoms with E-state index in [9.17, 15) is 10.2 Å². The first-order valence-corrected chi connectivity index (χ1v) is 3.63. The molecule has 0 spiro atoms. The fourth-order valence-corrected chi connectivity index (χ4v) is 1.29. The molecule has 2 N–H and O–H groups in total.